The van der Waals surface area contributed by atoms with Gasteiger partial charge in [-0.2, -0.15) is 0 Å². The van der Waals surface area contributed by atoms with E-state index in [0.717, 1.165) is 0 Å². The molecule has 2 aromatic carbocycles. The second-order valence-electron chi connectivity index (χ2n) is 9.49. The molecule has 0 fully saturated rings. The third-order valence-electron chi connectivity index (χ3n) is 4.32. The molecule has 0 atom stereocenters. The molecule has 0 saturated heterocycles. The molecule has 2 aromatic rings. The summed E-state index contributed by atoms with van der Waals surface area (Å²) in [5.74, 6) is 2.48. The van der Waals surface area contributed by atoms with Crippen molar-refractivity contribution in [2.45, 2.75) is 61.2 Å². The first-order valence-electron chi connectivity index (χ1n) is 9.69. The van der Waals surface area contributed by atoms with Crippen molar-refractivity contribution in [1.82, 2.24) is 0 Å². The average molecular weight is 545 g/mol. The summed E-state index contributed by atoms with van der Waals surface area (Å²) in [4.78, 5) is 2.80. The van der Waals surface area contributed by atoms with Gasteiger partial charge in [0.15, 0.2) is 0 Å². The first-order chi connectivity index (χ1) is 12.5. The van der Waals surface area contributed by atoms with E-state index in [0.29, 0.717) is 0 Å². The Morgan fingerprint density at radius 3 is 1.85 bits per heavy atom. The van der Waals surface area contributed by atoms with Crippen LogP contribution in [0, 0.1) is 3.57 Å². The molecule has 2 rings (SSSR count). The van der Waals surface area contributed by atoms with Gasteiger partial charge in [0.25, 0.3) is 0 Å². The van der Waals surface area contributed by atoms with Gasteiger partial charge in [-0.05, 0) is 87.6 Å². The first-order valence-corrected chi connectivity index (χ1v) is 20.2. The van der Waals surface area contributed by atoms with Crippen molar-refractivity contribution in [2.24, 2.45) is 0 Å². The molecule has 0 aliphatic rings. The van der Waals surface area contributed by atoms with Gasteiger partial charge < -0.3 is 0 Å². The van der Waals surface area contributed by atoms with Gasteiger partial charge in [0.05, 0.1) is 0 Å². The number of rotatable bonds is 9. The lowest BCUT2D eigenvalue weighted by Gasteiger charge is -2.16. The molecular formula is C22H33IS2Si2. The van der Waals surface area contributed by atoms with Gasteiger partial charge in [0, 0.05) is 29.5 Å². The van der Waals surface area contributed by atoms with E-state index in [1.807, 2.05) is 23.5 Å². The van der Waals surface area contributed by atoms with Gasteiger partial charge in [-0.1, -0.05) is 51.4 Å². The zero-order valence-corrected chi connectivity index (χ0v) is 23.4. The summed E-state index contributed by atoms with van der Waals surface area (Å²) in [6.45, 7) is 14.7. The van der Waals surface area contributed by atoms with Crippen molar-refractivity contribution < 1.29 is 0 Å². The fourth-order valence-electron chi connectivity index (χ4n) is 2.52. The lowest BCUT2D eigenvalue weighted by molar-refractivity contribution is 1.34. The van der Waals surface area contributed by atoms with E-state index in [2.05, 4.69) is 104 Å². The molecule has 0 bridgehead atoms. The van der Waals surface area contributed by atoms with Gasteiger partial charge in [0.1, 0.15) is 0 Å². The molecule has 148 valence electrons. The lowest BCUT2D eigenvalue weighted by atomic mass is 10.1. The highest BCUT2D eigenvalue weighted by Gasteiger charge is 2.14. The lowest BCUT2D eigenvalue weighted by Crippen LogP contribution is -2.19. The van der Waals surface area contributed by atoms with Gasteiger partial charge in [-0.25, -0.2) is 0 Å². The quantitative estimate of drug-likeness (QED) is 0.176. The molecule has 0 unspecified atom stereocenters. The second-order valence-corrected chi connectivity index (χ2v) is 24.2. The van der Waals surface area contributed by atoms with E-state index in [1.165, 1.54) is 48.1 Å². The molecule has 0 aromatic heterocycles. The van der Waals surface area contributed by atoms with Crippen LogP contribution in [0.5, 0.6) is 0 Å². The highest BCUT2D eigenvalue weighted by atomic mass is 127. The minimum Gasteiger partial charge on any atom is -0.126 e. The monoisotopic (exact) mass is 544 g/mol. The van der Waals surface area contributed by atoms with E-state index in [1.54, 1.807) is 0 Å². The Hall–Kier alpha value is 0.304. The van der Waals surface area contributed by atoms with E-state index in [4.69, 9.17) is 0 Å². The number of thioether (sulfide) groups is 2. The maximum absolute atomic E-state index is 2.48. The maximum atomic E-state index is 2.48. The summed E-state index contributed by atoms with van der Waals surface area (Å²) in [5.41, 5.74) is 2.73. The number of benzene rings is 2. The van der Waals surface area contributed by atoms with Crippen molar-refractivity contribution in [3.8, 4) is 11.1 Å². The number of hydrogen-bond acceptors (Lipinski definition) is 2. The molecule has 0 amide bonds. The van der Waals surface area contributed by atoms with E-state index < -0.39 is 16.1 Å². The summed E-state index contributed by atoms with van der Waals surface area (Å²) in [6, 6.07) is 18.8. The fraction of sp³-hybridized carbons (Fsp3) is 0.455. The van der Waals surface area contributed by atoms with Crippen LogP contribution >= 0.6 is 46.1 Å². The number of halogens is 1. The van der Waals surface area contributed by atoms with Crippen LogP contribution in [0.25, 0.3) is 11.1 Å². The third kappa shape index (κ3) is 9.11. The Balaban J connectivity index is 2.10. The Morgan fingerprint density at radius 1 is 0.741 bits per heavy atom. The van der Waals surface area contributed by atoms with E-state index in [9.17, 15) is 0 Å². The first kappa shape index (κ1) is 23.6. The minimum absolute atomic E-state index is 0.953. The highest BCUT2D eigenvalue weighted by Crippen LogP contribution is 2.33. The number of hydrogen-bond donors (Lipinski definition) is 0. The van der Waals surface area contributed by atoms with Crippen LogP contribution in [0.4, 0.5) is 0 Å². The predicted molar refractivity (Wildman–Crippen MR) is 142 cm³/mol. The maximum Gasteiger partial charge on any atom is 0.0450 e. The van der Waals surface area contributed by atoms with Gasteiger partial charge in [0.2, 0.25) is 0 Å². The zero-order valence-electron chi connectivity index (χ0n) is 17.6. The van der Waals surface area contributed by atoms with Crippen molar-refractivity contribution >= 4 is 62.3 Å². The Labute approximate surface area is 190 Å². The Morgan fingerprint density at radius 2 is 1.30 bits per heavy atom. The van der Waals surface area contributed by atoms with Crippen LogP contribution in [-0.4, -0.2) is 27.7 Å². The Bertz CT molecular complexity index is 749. The SMILES string of the molecule is C[Si](C)(C)CCSc1cccc(-c2cc(SCC[Si](C)(C)C)ccc2I)c1. The second kappa shape index (κ2) is 10.4. The predicted octanol–water partition coefficient (Wildman–Crippen LogP) is 8.82. The average Bonchev–Trinajstić information content (AvgIpc) is 2.54. The molecule has 0 saturated carbocycles. The van der Waals surface area contributed by atoms with Crippen molar-refractivity contribution in [2.75, 3.05) is 11.5 Å². The molecule has 0 aliphatic heterocycles. The van der Waals surface area contributed by atoms with Crippen molar-refractivity contribution in [3.05, 3.63) is 46.0 Å². The zero-order chi connectivity index (χ0) is 20.1. The topological polar surface area (TPSA) is 0 Å². The normalized spacial score (nSPS) is 12.4. The van der Waals surface area contributed by atoms with E-state index >= 15 is 0 Å². The summed E-state index contributed by atoms with van der Waals surface area (Å²) < 4.78 is 1.34. The smallest absolute Gasteiger partial charge is 0.0450 e. The summed E-state index contributed by atoms with van der Waals surface area (Å²) in [5, 5.41) is 0. The van der Waals surface area contributed by atoms with Crippen LogP contribution in [0.2, 0.25) is 51.4 Å². The third-order valence-corrected chi connectivity index (χ3v) is 11.5. The Kier molecular flexibility index (Phi) is 9.06. The molecule has 5 heteroatoms. The summed E-state index contributed by atoms with van der Waals surface area (Å²) >= 11 is 6.51. The summed E-state index contributed by atoms with van der Waals surface area (Å²) in [7, 11) is -1.91. The molecule has 0 heterocycles. The fourth-order valence-corrected chi connectivity index (χ4v) is 10.1. The molecule has 0 spiro atoms. The molecule has 0 aliphatic carbocycles. The van der Waals surface area contributed by atoms with Gasteiger partial charge in [-0.3, -0.25) is 0 Å². The largest absolute Gasteiger partial charge is 0.126 e. The van der Waals surface area contributed by atoms with Crippen LogP contribution < -0.4 is 0 Å². The molecular weight excluding hydrogens is 511 g/mol. The van der Waals surface area contributed by atoms with Crippen LogP contribution in [0.15, 0.2) is 52.3 Å². The van der Waals surface area contributed by atoms with Crippen LogP contribution in [-0.2, 0) is 0 Å². The molecule has 0 nitrogen and oxygen atoms in total. The minimum atomic E-state index is -0.956. The van der Waals surface area contributed by atoms with Crippen molar-refractivity contribution in [1.29, 1.82) is 0 Å². The van der Waals surface area contributed by atoms with Gasteiger partial charge in [-0.15, -0.1) is 23.5 Å². The van der Waals surface area contributed by atoms with Crippen LogP contribution in [0.3, 0.4) is 0 Å². The molecule has 0 N–H and O–H groups in total. The molecule has 0 radical (unpaired) electrons. The highest BCUT2D eigenvalue weighted by molar-refractivity contribution is 14.1. The summed E-state index contributed by atoms with van der Waals surface area (Å²) in [6.07, 6.45) is 0. The van der Waals surface area contributed by atoms with E-state index in [-0.39, 0.29) is 0 Å². The van der Waals surface area contributed by atoms with Crippen molar-refractivity contribution in [3.63, 3.8) is 0 Å². The van der Waals surface area contributed by atoms with Crippen LogP contribution in [0.1, 0.15) is 0 Å². The van der Waals surface area contributed by atoms with Gasteiger partial charge >= 0.3 is 0 Å². The standard InChI is InChI=1S/C22H33IS2Si2/c1-26(2,3)14-12-24-19-9-7-8-18(16-19)21-17-20(10-11-22(21)23)25-13-15-27(4,5)6/h7-11,16-17H,12-15H2,1-6H3. The molecule has 27 heavy (non-hydrogen) atoms.